The molecule has 3 aromatic carbocycles. The second-order valence-electron chi connectivity index (χ2n) is 18.0. The molecule has 362 valence electrons. The van der Waals surface area contributed by atoms with Crippen LogP contribution in [0.1, 0.15) is 61.6 Å². The molecule has 68 heavy (non-hydrogen) atoms. The monoisotopic (exact) mass is 1020 g/mol. The van der Waals surface area contributed by atoms with E-state index >= 15 is 8.78 Å². The minimum absolute atomic E-state index is 0.0182. The van der Waals surface area contributed by atoms with Crippen molar-refractivity contribution in [1.82, 2.24) is 25.1 Å². The number of fused-ring (bicyclic) bond motifs is 1. The number of benzene rings is 3. The Morgan fingerprint density at radius 3 is 2.28 bits per heavy atom. The lowest BCUT2D eigenvalue weighted by atomic mass is 9.89. The van der Waals surface area contributed by atoms with Crippen molar-refractivity contribution in [1.29, 1.82) is 0 Å². The Kier molecular flexibility index (Phi) is 13.5. The average molecular weight is 1020 g/mol. The third-order valence-corrected chi connectivity index (χ3v) is 15.7. The number of sulfonamides is 1. The van der Waals surface area contributed by atoms with Crippen LogP contribution < -0.4 is 34.8 Å². The lowest BCUT2D eigenvalue weighted by Gasteiger charge is -2.44. The van der Waals surface area contributed by atoms with Crippen molar-refractivity contribution in [2.75, 3.05) is 97.0 Å². The van der Waals surface area contributed by atoms with E-state index in [0.29, 0.717) is 77.3 Å². The molecule has 3 N–H and O–H groups in total. The quantitative estimate of drug-likeness (QED) is 0.137. The minimum atomic E-state index is -3.65. The standard InChI is InChI=1S/C47H54BrF3N10O6S/c1-4-27-21-38(54-47-52-25-33(48)44(56-47)53-37-7-6-34(49)31-12-16-61(43(31)37)68(3,65)66)40(67-2)24-39(27)58-14-10-29(11-15-58)57-17-19-59(20-18-57)46(64)28-9-13-60(26-28)30-22-35(50)42(36(51)23-30)32-5-8-41(62)55-45(32)63/h6-7,21-25,28-29,32H,4-5,8-20,26H2,1-3H3,(H,55,62,63)(H2,52,53,54,56). The number of hydrogen-bond donors (Lipinski definition) is 3. The van der Waals surface area contributed by atoms with Crippen molar-refractivity contribution in [2.45, 2.75) is 63.8 Å². The van der Waals surface area contributed by atoms with Gasteiger partial charge in [-0.15, -0.1) is 0 Å². The predicted octanol–water partition coefficient (Wildman–Crippen LogP) is 6.20. The number of nitrogens with zero attached hydrogens (tertiary/aromatic N) is 7. The van der Waals surface area contributed by atoms with Crippen molar-refractivity contribution >= 4 is 83.9 Å². The second-order valence-corrected chi connectivity index (χ2v) is 20.8. The van der Waals surface area contributed by atoms with Crippen LogP contribution in [0.3, 0.4) is 0 Å². The molecule has 0 radical (unpaired) electrons. The maximum absolute atomic E-state index is 15.3. The number of halogens is 4. The van der Waals surface area contributed by atoms with E-state index in [-0.39, 0.29) is 54.8 Å². The molecule has 0 saturated carbocycles. The number of amides is 3. The van der Waals surface area contributed by atoms with Crippen LogP contribution in [0.5, 0.6) is 5.75 Å². The summed E-state index contributed by atoms with van der Waals surface area (Å²) in [5, 5.41) is 8.66. The molecule has 4 aromatic rings. The molecule has 3 amide bonds. The van der Waals surface area contributed by atoms with Crippen LogP contribution in [0.15, 0.2) is 47.1 Å². The Balaban J connectivity index is 0.790. The summed E-state index contributed by atoms with van der Waals surface area (Å²) in [4.78, 5) is 55.4. The third-order valence-electron chi connectivity index (χ3n) is 14.0. The first kappa shape index (κ1) is 47.4. The van der Waals surface area contributed by atoms with E-state index in [1.165, 1.54) is 28.6 Å². The summed E-state index contributed by atoms with van der Waals surface area (Å²) in [5.74, 6) is -3.36. The number of ether oxygens (including phenoxy) is 1. The molecule has 2 atom stereocenters. The number of piperazine rings is 1. The SMILES string of the molecule is CCc1cc(Nc2ncc(Br)c(Nc3ccc(F)c4c3N(S(C)(=O)=O)CC4)n2)c(OC)cc1N1CCC(N2CCN(C(=O)C3CCN(c4cc(F)c(C5CCC(=O)NC5=O)c(F)c4)C3)CC2)CC1. The van der Waals surface area contributed by atoms with Gasteiger partial charge in [0.05, 0.1) is 46.7 Å². The molecule has 0 bridgehead atoms. The fourth-order valence-corrected chi connectivity index (χ4v) is 11.7. The number of carbonyl (C=O) groups is 3. The Hall–Kier alpha value is -5.67. The van der Waals surface area contributed by atoms with Gasteiger partial charge in [-0.3, -0.25) is 28.9 Å². The van der Waals surface area contributed by atoms with Gasteiger partial charge in [0.2, 0.25) is 33.7 Å². The highest BCUT2D eigenvalue weighted by Crippen LogP contribution is 2.42. The minimum Gasteiger partial charge on any atom is -0.494 e. The zero-order valence-corrected chi connectivity index (χ0v) is 40.5. The number of imide groups is 1. The van der Waals surface area contributed by atoms with Crippen LogP contribution in [-0.2, 0) is 37.2 Å². The molecule has 16 nitrogen and oxygen atoms in total. The number of rotatable bonds is 12. The van der Waals surface area contributed by atoms with E-state index in [9.17, 15) is 27.2 Å². The smallest absolute Gasteiger partial charge is 0.234 e. The maximum Gasteiger partial charge on any atom is 0.234 e. The highest BCUT2D eigenvalue weighted by Gasteiger charge is 2.38. The van der Waals surface area contributed by atoms with Crippen LogP contribution in [0.2, 0.25) is 0 Å². The number of aryl methyl sites for hydroxylation is 1. The molecule has 1 aromatic heterocycles. The molecule has 5 aliphatic heterocycles. The molecule has 0 spiro atoms. The van der Waals surface area contributed by atoms with Gasteiger partial charge in [0.1, 0.15) is 29.0 Å². The summed E-state index contributed by atoms with van der Waals surface area (Å²) in [6.07, 6.45) is 6.24. The molecule has 0 aliphatic carbocycles. The van der Waals surface area contributed by atoms with Gasteiger partial charge in [0.25, 0.3) is 0 Å². The number of methoxy groups -OCH3 is 1. The summed E-state index contributed by atoms with van der Waals surface area (Å²) in [7, 11) is -2.04. The highest BCUT2D eigenvalue weighted by atomic mass is 79.9. The van der Waals surface area contributed by atoms with Crippen LogP contribution >= 0.6 is 15.9 Å². The topological polar surface area (TPSA) is 173 Å². The first-order valence-electron chi connectivity index (χ1n) is 23.0. The summed E-state index contributed by atoms with van der Waals surface area (Å²) in [5.41, 5.74) is 3.86. The fourth-order valence-electron chi connectivity index (χ4n) is 10.4. The predicted molar refractivity (Wildman–Crippen MR) is 256 cm³/mol. The highest BCUT2D eigenvalue weighted by molar-refractivity contribution is 9.10. The van der Waals surface area contributed by atoms with E-state index in [2.05, 4.69) is 53.6 Å². The van der Waals surface area contributed by atoms with Gasteiger partial charge in [0.15, 0.2) is 0 Å². The van der Waals surface area contributed by atoms with Crippen molar-refractivity contribution in [3.05, 3.63) is 81.2 Å². The van der Waals surface area contributed by atoms with E-state index in [1.54, 1.807) is 13.3 Å². The molecule has 4 fully saturated rings. The zero-order valence-electron chi connectivity index (χ0n) is 38.1. The maximum atomic E-state index is 15.3. The largest absolute Gasteiger partial charge is 0.494 e. The molecule has 9 rings (SSSR count). The van der Waals surface area contributed by atoms with Crippen molar-refractivity contribution in [3.63, 3.8) is 0 Å². The van der Waals surface area contributed by atoms with E-state index < -0.39 is 45.2 Å². The summed E-state index contributed by atoms with van der Waals surface area (Å²) in [6.45, 7) is 7.52. The summed E-state index contributed by atoms with van der Waals surface area (Å²) in [6, 6.07) is 9.73. The molecule has 5 aliphatic rings. The van der Waals surface area contributed by atoms with Crippen LogP contribution in [0.25, 0.3) is 0 Å². The van der Waals surface area contributed by atoms with Gasteiger partial charge in [-0.1, -0.05) is 6.92 Å². The Labute approximate surface area is 401 Å². The van der Waals surface area contributed by atoms with Crippen LogP contribution in [0, 0.1) is 23.4 Å². The Morgan fingerprint density at radius 2 is 1.60 bits per heavy atom. The number of anilines is 7. The summed E-state index contributed by atoms with van der Waals surface area (Å²) < 4.78 is 78.1. The molecule has 2 unspecified atom stereocenters. The van der Waals surface area contributed by atoms with Gasteiger partial charge >= 0.3 is 0 Å². The van der Waals surface area contributed by atoms with Gasteiger partial charge in [-0.05, 0) is 90.4 Å². The molecular weight excluding hydrogens is 970 g/mol. The number of hydrogen-bond acceptors (Lipinski definition) is 13. The van der Waals surface area contributed by atoms with Gasteiger partial charge in [-0.25, -0.2) is 26.6 Å². The molecular formula is C47H54BrF3N10O6S. The zero-order chi connectivity index (χ0) is 48.0. The van der Waals surface area contributed by atoms with Crippen molar-refractivity contribution < 1.29 is 40.7 Å². The van der Waals surface area contributed by atoms with E-state index in [0.717, 1.165) is 62.9 Å². The Bertz CT molecular complexity index is 2730. The lowest BCUT2D eigenvalue weighted by molar-refractivity contribution is -0.137. The first-order valence-corrected chi connectivity index (χ1v) is 25.7. The van der Waals surface area contributed by atoms with E-state index in [1.807, 2.05) is 21.9 Å². The average Bonchev–Trinajstić information content (AvgIpc) is 4.02. The number of nitrogens with one attached hydrogen (secondary N) is 3. The fraction of sp³-hybridized carbons (Fsp3) is 0.468. The van der Waals surface area contributed by atoms with E-state index in [4.69, 9.17) is 9.72 Å². The summed E-state index contributed by atoms with van der Waals surface area (Å²) >= 11 is 3.50. The van der Waals surface area contributed by atoms with Crippen LogP contribution in [0.4, 0.5) is 53.4 Å². The molecule has 6 heterocycles. The number of aromatic nitrogens is 2. The Morgan fingerprint density at radius 1 is 0.882 bits per heavy atom. The molecule has 21 heteroatoms. The van der Waals surface area contributed by atoms with Crippen molar-refractivity contribution in [3.8, 4) is 5.75 Å². The first-order chi connectivity index (χ1) is 32.6. The van der Waals surface area contributed by atoms with Crippen molar-refractivity contribution in [2.24, 2.45) is 5.92 Å². The van der Waals surface area contributed by atoms with Crippen LogP contribution in [-0.4, -0.2) is 124 Å². The second kappa shape index (κ2) is 19.4. The van der Waals surface area contributed by atoms with Gasteiger partial charge in [0, 0.05) is 106 Å². The third kappa shape index (κ3) is 9.52. The lowest BCUT2D eigenvalue weighted by Crippen LogP contribution is -2.55. The molecule has 4 saturated heterocycles. The number of carbonyl (C=O) groups excluding carboxylic acids is 3. The normalized spacial score (nSPS) is 20.5. The van der Waals surface area contributed by atoms with Gasteiger partial charge < -0.3 is 30.1 Å². The number of piperidine rings is 2. The van der Waals surface area contributed by atoms with Gasteiger partial charge in [-0.2, -0.15) is 4.98 Å².